The van der Waals surface area contributed by atoms with Gasteiger partial charge in [-0.25, -0.2) is 0 Å². The van der Waals surface area contributed by atoms with Gasteiger partial charge in [-0.2, -0.15) is 0 Å². The first-order chi connectivity index (χ1) is 17.1. The van der Waals surface area contributed by atoms with E-state index in [1.165, 1.54) is 15.0 Å². The van der Waals surface area contributed by atoms with Crippen LogP contribution in [0.3, 0.4) is 0 Å². The third-order valence-corrected chi connectivity index (χ3v) is 7.87. The Bertz CT molecular complexity index is 1260. The van der Waals surface area contributed by atoms with Gasteiger partial charge in [-0.1, -0.05) is 54.6 Å². The molecular weight excluding hydrogens is 458 g/mol. The average Bonchev–Trinajstić information content (AvgIpc) is 3.32. The quantitative estimate of drug-likeness (QED) is 0.313. The lowest BCUT2D eigenvalue weighted by Gasteiger charge is -2.36. The Kier molecular flexibility index (Phi) is 7.02. The minimum Gasteiger partial charge on any atom is -0.493 e. The van der Waals surface area contributed by atoms with E-state index in [2.05, 4.69) is 47.4 Å². The van der Waals surface area contributed by atoms with Gasteiger partial charge < -0.3 is 14.6 Å². The molecule has 1 aromatic heterocycles. The third kappa shape index (κ3) is 5.19. The van der Waals surface area contributed by atoms with E-state index >= 15 is 0 Å². The number of hydrogen-bond acceptors (Lipinski definition) is 5. The minimum absolute atomic E-state index is 0.0271. The van der Waals surface area contributed by atoms with Crippen LogP contribution in [0.15, 0.2) is 78.9 Å². The highest BCUT2D eigenvalue weighted by molar-refractivity contribution is 7.19. The zero-order valence-corrected chi connectivity index (χ0v) is 20.5. The Morgan fingerprint density at radius 1 is 1.00 bits per heavy atom. The van der Waals surface area contributed by atoms with E-state index < -0.39 is 5.97 Å². The van der Waals surface area contributed by atoms with Crippen molar-refractivity contribution in [1.82, 2.24) is 4.90 Å². The lowest BCUT2D eigenvalue weighted by Crippen LogP contribution is -2.39. The van der Waals surface area contributed by atoms with Gasteiger partial charge in [0, 0.05) is 9.58 Å². The zero-order valence-electron chi connectivity index (χ0n) is 19.7. The van der Waals surface area contributed by atoms with Crippen molar-refractivity contribution < 1.29 is 19.4 Å². The molecule has 1 unspecified atom stereocenters. The number of carboxylic acids is 1. The van der Waals surface area contributed by atoms with Gasteiger partial charge in [-0.3, -0.25) is 9.69 Å². The topological polar surface area (TPSA) is 59.0 Å². The standard InChI is InChI=1S/C29H29NO4S/c1-33-25-17-23(11-12-24(25)34-19-20-7-3-2-4-8-20)28(30-15-13-21(14-16-30)29(31)32)27-18-22-9-5-6-10-26(22)35-27/h2-12,17-18,21,28H,13-16,19H2,1H3,(H,31,32). The molecule has 3 aromatic carbocycles. The summed E-state index contributed by atoms with van der Waals surface area (Å²) in [6, 6.07) is 27.0. The van der Waals surface area contributed by atoms with Crippen molar-refractivity contribution >= 4 is 27.4 Å². The van der Waals surface area contributed by atoms with Crippen LogP contribution in [0.25, 0.3) is 10.1 Å². The Morgan fingerprint density at radius 3 is 2.46 bits per heavy atom. The van der Waals surface area contributed by atoms with Gasteiger partial charge in [-0.15, -0.1) is 11.3 Å². The van der Waals surface area contributed by atoms with Crippen molar-refractivity contribution in [1.29, 1.82) is 0 Å². The summed E-state index contributed by atoms with van der Waals surface area (Å²) in [4.78, 5) is 15.2. The molecule has 5 nitrogen and oxygen atoms in total. The second kappa shape index (κ2) is 10.5. The molecule has 1 aliphatic heterocycles. The molecule has 1 fully saturated rings. The highest BCUT2D eigenvalue weighted by Crippen LogP contribution is 2.41. The summed E-state index contributed by atoms with van der Waals surface area (Å²) in [5, 5.41) is 10.7. The fourth-order valence-corrected chi connectivity index (χ4v) is 6.03. The van der Waals surface area contributed by atoms with Crippen molar-refractivity contribution in [3.63, 3.8) is 0 Å². The van der Waals surface area contributed by atoms with E-state index in [0.29, 0.717) is 30.9 Å². The molecule has 0 amide bonds. The van der Waals surface area contributed by atoms with E-state index in [9.17, 15) is 9.90 Å². The first-order valence-corrected chi connectivity index (χ1v) is 12.7. The van der Waals surface area contributed by atoms with Crippen molar-refractivity contribution in [2.75, 3.05) is 20.2 Å². The maximum Gasteiger partial charge on any atom is 0.306 e. The number of thiophene rings is 1. The molecule has 5 rings (SSSR count). The smallest absolute Gasteiger partial charge is 0.306 e. The monoisotopic (exact) mass is 487 g/mol. The maximum absolute atomic E-state index is 11.5. The van der Waals surface area contributed by atoms with E-state index in [-0.39, 0.29) is 12.0 Å². The molecule has 1 saturated heterocycles. The SMILES string of the molecule is COc1cc(C(c2cc3ccccc3s2)N2CCC(C(=O)O)CC2)ccc1OCc1ccccc1. The molecule has 0 radical (unpaired) electrons. The lowest BCUT2D eigenvalue weighted by atomic mass is 9.93. The van der Waals surface area contributed by atoms with Gasteiger partial charge >= 0.3 is 5.97 Å². The molecule has 6 heteroatoms. The van der Waals surface area contributed by atoms with E-state index in [0.717, 1.165) is 24.2 Å². The van der Waals surface area contributed by atoms with Crippen LogP contribution in [-0.4, -0.2) is 36.2 Å². The van der Waals surface area contributed by atoms with Crippen LogP contribution >= 0.6 is 11.3 Å². The number of piperidine rings is 1. The van der Waals surface area contributed by atoms with Crippen molar-refractivity contribution in [3.8, 4) is 11.5 Å². The van der Waals surface area contributed by atoms with Gasteiger partial charge in [0.2, 0.25) is 0 Å². The van der Waals surface area contributed by atoms with Crippen LogP contribution in [0.4, 0.5) is 0 Å². The Hall–Kier alpha value is -3.35. The van der Waals surface area contributed by atoms with Gasteiger partial charge in [0.05, 0.1) is 19.1 Å². The van der Waals surface area contributed by atoms with Gasteiger partial charge in [0.15, 0.2) is 11.5 Å². The van der Waals surface area contributed by atoms with E-state index in [1.807, 2.05) is 36.4 Å². The van der Waals surface area contributed by atoms with Crippen LogP contribution in [0.2, 0.25) is 0 Å². The molecule has 1 atom stereocenters. The van der Waals surface area contributed by atoms with Gasteiger partial charge in [0.1, 0.15) is 6.61 Å². The Balaban J connectivity index is 1.46. The van der Waals surface area contributed by atoms with Crippen LogP contribution in [0.1, 0.15) is 34.9 Å². The number of carbonyl (C=O) groups is 1. The number of likely N-dealkylation sites (tertiary alicyclic amines) is 1. The highest BCUT2D eigenvalue weighted by Gasteiger charge is 2.31. The number of hydrogen-bond donors (Lipinski definition) is 1. The van der Waals surface area contributed by atoms with E-state index in [4.69, 9.17) is 9.47 Å². The lowest BCUT2D eigenvalue weighted by molar-refractivity contribution is -0.143. The largest absolute Gasteiger partial charge is 0.493 e. The predicted octanol–water partition coefficient (Wildman–Crippen LogP) is 6.37. The summed E-state index contributed by atoms with van der Waals surface area (Å²) in [7, 11) is 1.67. The van der Waals surface area contributed by atoms with E-state index in [1.54, 1.807) is 18.4 Å². The third-order valence-electron chi connectivity index (χ3n) is 6.70. The fraction of sp³-hybridized carbons (Fsp3) is 0.276. The minimum atomic E-state index is -0.690. The molecule has 0 bridgehead atoms. The number of carboxylic acid groups (broad SMARTS) is 1. The first kappa shape index (κ1) is 23.4. The van der Waals surface area contributed by atoms with Crippen LogP contribution in [-0.2, 0) is 11.4 Å². The maximum atomic E-state index is 11.5. The molecule has 4 aromatic rings. The summed E-state index contributed by atoms with van der Waals surface area (Å²) in [5.41, 5.74) is 2.22. The molecule has 2 heterocycles. The average molecular weight is 488 g/mol. The van der Waals surface area contributed by atoms with Gasteiger partial charge in [-0.05, 0) is 66.7 Å². The molecule has 0 saturated carbocycles. The summed E-state index contributed by atoms with van der Waals surface area (Å²) >= 11 is 1.80. The number of benzene rings is 3. The van der Waals surface area contributed by atoms with Crippen molar-refractivity contribution in [2.45, 2.75) is 25.5 Å². The summed E-state index contributed by atoms with van der Waals surface area (Å²) in [6.45, 7) is 1.95. The molecule has 0 spiro atoms. The second-order valence-electron chi connectivity index (χ2n) is 8.92. The normalized spacial score (nSPS) is 15.7. The summed E-state index contributed by atoms with van der Waals surface area (Å²) in [5.74, 6) is 0.451. The molecule has 180 valence electrons. The fourth-order valence-electron chi connectivity index (χ4n) is 4.81. The highest BCUT2D eigenvalue weighted by atomic mass is 32.1. The summed E-state index contributed by atoms with van der Waals surface area (Å²) in [6.07, 6.45) is 1.32. The van der Waals surface area contributed by atoms with Crippen LogP contribution in [0.5, 0.6) is 11.5 Å². The number of methoxy groups -OCH3 is 1. The van der Waals surface area contributed by atoms with Crippen molar-refractivity contribution in [3.05, 3.63) is 94.9 Å². The Labute approximate surface area is 209 Å². The zero-order chi connectivity index (χ0) is 24.2. The van der Waals surface area contributed by atoms with Crippen molar-refractivity contribution in [2.24, 2.45) is 5.92 Å². The number of aliphatic carboxylic acids is 1. The molecular formula is C29H29NO4S. The second-order valence-corrected chi connectivity index (χ2v) is 10.0. The number of ether oxygens (including phenoxy) is 2. The Morgan fingerprint density at radius 2 is 1.74 bits per heavy atom. The van der Waals surface area contributed by atoms with Crippen LogP contribution in [0, 0.1) is 5.92 Å². The number of rotatable bonds is 8. The molecule has 1 aliphatic rings. The molecule has 35 heavy (non-hydrogen) atoms. The number of fused-ring (bicyclic) bond motifs is 1. The van der Waals surface area contributed by atoms with Crippen LogP contribution < -0.4 is 9.47 Å². The molecule has 1 N–H and O–H groups in total. The number of nitrogens with zero attached hydrogens (tertiary/aromatic N) is 1. The summed E-state index contributed by atoms with van der Waals surface area (Å²) < 4.78 is 13.1. The predicted molar refractivity (Wildman–Crippen MR) is 139 cm³/mol. The molecule has 0 aliphatic carbocycles. The van der Waals surface area contributed by atoms with Gasteiger partial charge in [0.25, 0.3) is 0 Å². The first-order valence-electron chi connectivity index (χ1n) is 11.9.